The molecule has 1 aromatic carbocycles. The van der Waals surface area contributed by atoms with Crippen LogP contribution in [0.4, 0.5) is 10.5 Å². The number of urea groups is 1. The molecule has 0 fully saturated rings. The fourth-order valence-corrected chi connectivity index (χ4v) is 3.42. The third-order valence-corrected chi connectivity index (χ3v) is 5.81. The van der Waals surface area contributed by atoms with E-state index in [4.69, 9.17) is 69.6 Å². The maximum Gasteiger partial charge on any atom is 0.314 e. The smallest absolute Gasteiger partial charge is 0.314 e. The highest BCUT2D eigenvalue weighted by Gasteiger charge is 2.18. The summed E-state index contributed by atoms with van der Waals surface area (Å²) in [4.78, 5) is 11.6. The topological polar surface area (TPSA) is 53.2 Å². The van der Waals surface area contributed by atoms with Crippen molar-refractivity contribution in [3.63, 3.8) is 0 Å². The number of halogens is 6. The Bertz CT molecular complexity index is 556. The maximum absolute atomic E-state index is 11.6. The monoisotopic (exact) mass is 467 g/mol. The molecular weight excluding hydrogens is 451 g/mol. The van der Waals surface area contributed by atoms with Gasteiger partial charge >= 0.3 is 6.03 Å². The summed E-state index contributed by atoms with van der Waals surface area (Å²) < 4.78 is 0. The van der Waals surface area contributed by atoms with E-state index in [1.54, 1.807) is 0 Å². The minimum absolute atomic E-state index is 0.104. The highest BCUT2D eigenvalue weighted by atomic mass is 35.5. The van der Waals surface area contributed by atoms with Crippen molar-refractivity contribution in [1.82, 2.24) is 10.6 Å². The van der Waals surface area contributed by atoms with Gasteiger partial charge in [-0.2, -0.15) is 0 Å². The summed E-state index contributed by atoms with van der Waals surface area (Å²) in [6.45, 7) is 1.38. The summed E-state index contributed by atoms with van der Waals surface area (Å²) in [5, 5.41) is 9.22. The summed E-state index contributed by atoms with van der Waals surface area (Å²) in [7, 11) is 0. The Balaban J connectivity index is 2.31. The number of carbonyl (C=O) groups is 1. The summed E-state index contributed by atoms with van der Waals surface area (Å²) in [6, 6.07) is -0.233. The standard InChI is InChI=1S/C15H19Cl6N3O/c16-5-3-1-2-4-6-23-15(25)24-8-7-22-14-12(20)10(18)9(17)11(19)13(14)21/h22H,1-8H2,(H2,23,24,25). The zero-order chi connectivity index (χ0) is 18.8. The Morgan fingerprint density at radius 1 is 0.680 bits per heavy atom. The van der Waals surface area contributed by atoms with Gasteiger partial charge in [0.1, 0.15) is 0 Å². The fraction of sp³-hybridized carbons (Fsp3) is 0.533. The number of anilines is 1. The molecule has 0 aliphatic rings. The summed E-state index contributed by atoms with van der Waals surface area (Å²) in [5.41, 5.74) is 0.379. The molecule has 4 nitrogen and oxygen atoms in total. The average molecular weight is 470 g/mol. The highest BCUT2D eigenvalue weighted by Crippen LogP contribution is 2.46. The molecule has 0 aliphatic heterocycles. The molecule has 0 bridgehead atoms. The van der Waals surface area contributed by atoms with Gasteiger partial charge in [0, 0.05) is 25.5 Å². The molecule has 142 valence electrons. The lowest BCUT2D eigenvalue weighted by Gasteiger charge is -2.14. The number of carbonyl (C=O) groups excluding carboxylic acids is 1. The molecule has 0 radical (unpaired) electrons. The van der Waals surface area contributed by atoms with Crippen LogP contribution in [-0.4, -0.2) is 31.5 Å². The van der Waals surface area contributed by atoms with Crippen LogP contribution < -0.4 is 16.0 Å². The van der Waals surface area contributed by atoms with Gasteiger partial charge in [-0.3, -0.25) is 0 Å². The van der Waals surface area contributed by atoms with Gasteiger partial charge in [0.2, 0.25) is 0 Å². The summed E-state index contributed by atoms with van der Waals surface area (Å²) >= 11 is 35.7. The van der Waals surface area contributed by atoms with Crippen molar-refractivity contribution in [3.8, 4) is 0 Å². The van der Waals surface area contributed by atoms with Crippen molar-refractivity contribution >= 4 is 81.3 Å². The van der Waals surface area contributed by atoms with Crippen molar-refractivity contribution < 1.29 is 4.79 Å². The molecule has 2 amide bonds. The van der Waals surface area contributed by atoms with Crippen LogP contribution in [0.25, 0.3) is 0 Å². The first-order valence-corrected chi connectivity index (χ1v) is 10.2. The lowest BCUT2D eigenvalue weighted by Crippen LogP contribution is -2.38. The Morgan fingerprint density at radius 3 is 1.80 bits per heavy atom. The molecule has 0 saturated carbocycles. The van der Waals surface area contributed by atoms with E-state index in [2.05, 4.69) is 16.0 Å². The molecule has 3 N–H and O–H groups in total. The van der Waals surface area contributed by atoms with Crippen LogP contribution in [0.5, 0.6) is 0 Å². The summed E-state index contributed by atoms with van der Waals surface area (Å²) in [5.74, 6) is 0.680. The van der Waals surface area contributed by atoms with Gasteiger partial charge in [-0.05, 0) is 12.8 Å². The fourth-order valence-electron chi connectivity index (χ4n) is 1.96. The first kappa shape index (κ1) is 23.1. The SMILES string of the molecule is O=C(NCCCCCCCl)NCCNc1c(Cl)c(Cl)c(Cl)c(Cl)c1Cl. The molecule has 0 heterocycles. The first-order chi connectivity index (χ1) is 11.9. The number of unbranched alkanes of at least 4 members (excludes halogenated alkanes) is 3. The Morgan fingerprint density at radius 2 is 1.20 bits per heavy atom. The number of alkyl halides is 1. The number of hydrogen-bond acceptors (Lipinski definition) is 2. The van der Waals surface area contributed by atoms with E-state index in [1.165, 1.54) is 0 Å². The molecule has 0 saturated heterocycles. The molecule has 0 atom stereocenters. The van der Waals surface area contributed by atoms with Crippen molar-refractivity contribution in [2.75, 3.05) is 30.8 Å². The van der Waals surface area contributed by atoms with E-state index in [0.29, 0.717) is 31.2 Å². The van der Waals surface area contributed by atoms with E-state index >= 15 is 0 Å². The van der Waals surface area contributed by atoms with Crippen molar-refractivity contribution in [2.24, 2.45) is 0 Å². The van der Waals surface area contributed by atoms with Crippen LogP contribution in [-0.2, 0) is 0 Å². The molecular formula is C15H19Cl6N3O. The molecule has 10 heteroatoms. The molecule has 0 aromatic heterocycles. The van der Waals surface area contributed by atoms with Crippen molar-refractivity contribution in [3.05, 3.63) is 25.1 Å². The minimum Gasteiger partial charge on any atom is -0.381 e. The van der Waals surface area contributed by atoms with Crippen LogP contribution in [0.3, 0.4) is 0 Å². The van der Waals surface area contributed by atoms with Crippen molar-refractivity contribution in [1.29, 1.82) is 0 Å². The van der Waals surface area contributed by atoms with Gasteiger partial charge < -0.3 is 16.0 Å². The van der Waals surface area contributed by atoms with Gasteiger partial charge in [-0.15, -0.1) is 11.6 Å². The number of hydrogen-bond donors (Lipinski definition) is 3. The van der Waals surface area contributed by atoms with Gasteiger partial charge in [0.05, 0.1) is 30.8 Å². The molecule has 0 aliphatic carbocycles. The lowest BCUT2D eigenvalue weighted by atomic mass is 10.2. The predicted molar refractivity (Wildman–Crippen MR) is 111 cm³/mol. The van der Waals surface area contributed by atoms with E-state index in [9.17, 15) is 4.79 Å². The largest absolute Gasteiger partial charge is 0.381 e. The van der Waals surface area contributed by atoms with Gasteiger partial charge in [-0.1, -0.05) is 70.8 Å². The van der Waals surface area contributed by atoms with Crippen LogP contribution >= 0.6 is 69.6 Å². The van der Waals surface area contributed by atoms with Gasteiger partial charge in [-0.25, -0.2) is 4.79 Å². The van der Waals surface area contributed by atoms with E-state index in [0.717, 1.165) is 25.7 Å². The third-order valence-electron chi connectivity index (χ3n) is 3.27. The molecule has 1 aromatic rings. The van der Waals surface area contributed by atoms with E-state index in [1.807, 2.05) is 0 Å². The van der Waals surface area contributed by atoms with Crippen LogP contribution in [0.2, 0.25) is 25.1 Å². The average Bonchev–Trinajstić information content (AvgIpc) is 2.60. The molecule has 0 unspecified atom stereocenters. The molecule has 0 spiro atoms. The lowest BCUT2D eigenvalue weighted by molar-refractivity contribution is 0.241. The number of benzene rings is 1. The van der Waals surface area contributed by atoms with Crippen LogP contribution in [0.1, 0.15) is 25.7 Å². The highest BCUT2D eigenvalue weighted by molar-refractivity contribution is 6.56. The maximum atomic E-state index is 11.6. The second kappa shape index (κ2) is 12.4. The first-order valence-electron chi connectivity index (χ1n) is 7.73. The normalized spacial score (nSPS) is 10.6. The zero-order valence-corrected chi connectivity index (χ0v) is 17.9. The molecule has 25 heavy (non-hydrogen) atoms. The Labute approximate surface area is 177 Å². The van der Waals surface area contributed by atoms with E-state index in [-0.39, 0.29) is 31.1 Å². The number of rotatable bonds is 10. The Kier molecular flexibility index (Phi) is 11.5. The van der Waals surface area contributed by atoms with Gasteiger partial charge in [0.25, 0.3) is 0 Å². The Hall–Kier alpha value is 0.0300. The third kappa shape index (κ3) is 7.66. The quantitative estimate of drug-likeness (QED) is 0.159. The molecule has 1 rings (SSSR count). The van der Waals surface area contributed by atoms with Crippen LogP contribution in [0, 0.1) is 0 Å². The summed E-state index contributed by atoms with van der Waals surface area (Å²) in [6.07, 6.45) is 4.05. The van der Waals surface area contributed by atoms with Gasteiger partial charge in [0.15, 0.2) is 0 Å². The minimum atomic E-state index is -0.233. The van der Waals surface area contributed by atoms with E-state index < -0.39 is 0 Å². The second-order valence-corrected chi connectivity index (χ2v) is 7.43. The van der Waals surface area contributed by atoms with Crippen LogP contribution in [0.15, 0.2) is 0 Å². The number of nitrogens with one attached hydrogen (secondary N) is 3. The predicted octanol–water partition coefficient (Wildman–Crippen LogP) is 6.46. The second-order valence-electron chi connectivity index (χ2n) is 5.16. The van der Waals surface area contributed by atoms with Crippen molar-refractivity contribution in [2.45, 2.75) is 25.7 Å². The zero-order valence-electron chi connectivity index (χ0n) is 13.3. The number of amides is 2.